The second-order valence-corrected chi connectivity index (χ2v) is 5.40. The summed E-state index contributed by atoms with van der Waals surface area (Å²) in [5, 5.41) is 8.83. The maximum absolute atomic E-state index is 11.9. The van der Waals surface area contributed by atoms with E-state index in [1.54, 1.807) is 18.6 Å². The van der Waals surface area contributed by atoms with Crippen molar-refractivity contribution in [3.63, 3.8) is 0 Å². The zero-order valence-corrected chi connectivity index (χ0v) is 12.6. The van der Waals surface area contributed by atoms with E-state index in [1.165, 1.54) is 0 Å². The molecule has 0 spiro atoms. The first-order valence-electron chi connectivity index (χ1n) is 6.99. The van der Waals surface area contributed by atoms with Crippen LogP contribution in [0.5, 0.6) is 0 Å². The monoisotopic (exact) mass is 314 g/mol. The molecule has 0 aliphatic rings. The van der Waals surface area contributed by atoms with Gasteiger partial charge in [0, 0.05) is 35.8 Å². The van der Waals surface area contributed by atoms with Crippen LogP contribution in [0, 0.1) is 0 Å². The number of aryl methyl sites for hydroxylation is 1. The number of hydrogen-bond donors (Lipinski definition) is 1. The van der Waals surface area contributed by atoms with Gasteiger partial charge in [-0.05, 0) is 29.8 Å². The van der Waals surface area contributed by atoms with Crippen LogP contribution in [0.3, 0.4) is 0 Å². The highest BCUT2D eigenvalue weighted by Gasteiger charge is 2.06. The number of carbonyl (C=O) groups is 1. The van der Waals surface area contributed by atoms with Gasteiger partial charge in [0.2, 0.25) is 5.91 Å². The first-order chi connectivity index (χ1) is 10.7. The van der Waals surface area contributed by atoms with Gasteiger partial charge in [0.1, 0.15) is 0 Å². The Morgan fingerprint density at radius 1 is 1.27 bits per heavy atom. The largest absolute Gasteiger partial charge is 0.352 e. The van der Waals surface area contributed by atoms with E-state index in [0.717, 1.165) is 16.5 Å². The Bertz CT molecular complexity index is 785. The third-order valence-electron chi connectivity index (χ3n) is 3.37. The van der Waals surface area contributed by atoms with E-state index in [4.69, 9.17) is 11.6 Å². The normalized spacial score (nSPS) is 10.8. The van der Waals surface area contributed by atoms with Gasteiger partial charge in [-0.1, -0.05) is 17.7 Å². The average Bonchev–Trinajstić information content (AvgIpc) is 2.94. The van der Waals surface area contributed by atoms with Crippen molar-refractivity contribution in [1.82, 2.24) is 20.1 Å². The lowest BCUT2D eigenvalue weighted by Crippen LogP contribution is -2.24. The Kier molecular flexibility index (Phi) is 4.34. The van der Waals surface area contributed by atoms with Crippen LogP contribution in [-0.4, -0.2) is 20.7 Å². The molecule has 2 heterocycles. The number of hydrogen-bond acceptors (Lipinski definition) is 3. The summed E-state index contributed by atoms with van der Waals surface area (Å²) in [6.07, 6.45) is 5.58. The molecule has 0 saturated carbocycles. The smallest absolute Gasteiger partial charge is 0.222 e. The second kappa shape index (κ2) is 6.58. The fourth-order valence-corrected chi connectivity index (χ4v) is 2.42. The fourth-order valence-electron chi connectivity index (χ4n) is 2.24. The van der Waals surface area contributed by atoms with Crippen LogP contribution in [0.25, 0.3) is 10.9 Å². The van der Waals surface area contributed by atoms with Gasteiger partial charge < -0.3 is 5.32 Å². The molecule has 0 aliphatic carbocycles. The quantitative estimate of drug-likeness (QED) is 0.787. The topological polar surface area (TPSA) is 59.8 Å². The summed E-state index contributed by atoms with van der Waals surface area (Å²) in [6, 6.07) is 9.38. The highest BCUT2D eigenvalue weighted by Crippen LogP contribution is 2.19. The van der Waals surface area contributed by atoms with Crippen molar-refractivity contribution < 1.29 is 4.79 Å². The van der Waals surface area contributed by atoms with Crippen LogP contribution >= 0.6 is 11.6 Å². The number of nitrogens with one attached hydrogen (secondary N) is 1. The van der Waals surface area contributed by atoms with Crippen molar-refractivity contribution in [2.45, 2.75) is 19.5 Å². The molecular formula is C16H15ClN4O. The van der Waals surface area contributed by atoms with E-state index in [9.17, 15) is 4.79 Å². The molecule has 0 radical (unpaired) electrons. The van der Waals surface area contributed by atoms with Gasteiger partial charge in [0.15, 0.2) is 0 Å². The molecule has 2 aromatic heterocycles. The molecule has 3 rings (SSSR count). The number of halogens is 1. The van der Waals surface area contributed by atoms with Gasteiger partial charge in [-0.3, -0.25) is 14.5 Å². The molecule has 1 N–H and O–H groups in total. The zero-order valence-electron chi connectivity index (χ0n) is 11.9. The molecule has 0 atom stereocenters. The number of pyridine rings is 1. The lowest BCUT2D eigenvalue weighted by molar-refractivity contribution is -0.121. The SMILES string of the molecule is O=C(CCn1ncc2cc(Cl)ccc21)NCc1cccnc1. The van der Waals surface area contributed by atoms with Crippen molar-refractivity contribution in [1.29, 1.82) is 0 Å². The highest BCUT2D eigenvalue weighted by atomic mass is 35.5. The van der Waals surface area contributed by atoms with E-state index in [-0.39, 0.29) is 5.91 Å². The maximum atomic E-state index is 11.9. The number of aromatic nitrogens is 3. The van der Waals surface area contributed by atoms with E-state index in [2.05, 4.69) is 15.4 Å². The molecule has 0 saturated heterocycles. The number of benzene rings is 1. The number of carbonyl (C=O) groups excluding carboxylic acids is 1. The first kappa shape index (κ1) is 14.5. The number of fused-ring (bicyclic) bond motifs is 1. The molecule has 0 bridgehead atoms. The van der Waals surface area contributed by atoms with Gasteiger partial charge >= 0.3 is 0 Å². The van der Waals surface area contributed by atoms with E-state index >= 15 is 0 Å². The van der Waals surface area contributed by atoms with Crippen molar-refractivity contribution in [2.24, 2.45) is 0 Å². The van der Waals surface area contributed by atoms with Crippen LogP contribution in [0.1, 0.15) is 12.0 Å². The van der Waals surface area contributed by atoms with Gasteiger partial charge in [-0.15, -0.1) is 0 Å². The third kappa shape index (κ3) is 3.43. The van der Waals surface area contributed by atoms with Gasteiger partial charge in [-0.25, -0.2) is 0 Å². The molecule has 22 heavy (non-hydrogen) atoms. The van der Waals surface area contributed by atoms with E-state index < -0.39 is 0 Å². The molecule has 5 nitrogen and oxygen atoms in total. The predicted octanol–water partition coefficient (Wildman–Crippen LogP) is 2.79. The van der Waals surface area contributed by atoms with Crippen LogP contribution < -0.4 is 5.32 Å². The molecule has 0 unspecified atom stereocenters. The summed E-state index contributed by atoms with van der Waals surface area (Å²) in [6.45, 7) is 1.02. The fraction of sp³-hybridized carbons (Fsp3) is 0.188. The molecule has 1 amide bonds. The molecular weight excluding hydrogens is 300 g/mol. The number of amides is 1. The second-order valence-electron chi connectivity index (χ2n) is 4.96. The molecule has 0 fully saturated rings. The summed E-state index contributed by atoms with van der Waals surface area (Å²) >= 11 is 5.95. The van der Waals surface area contributed by atoms with Crippen LogP contribution in [0.4, 0.5) is 0 Å². The van der Waals surface area contributed by atoms with Crippen molar-refractivity contribution in [3.8, 4) is 0 Å². The Labute approximate surface area is 132 Å². The van der Waals surface area contributed by atoms with Gasteiger partial charge in [0.25, 0.3) is 0 Å². The summed E-state index contributed by atoms with van der Waals surface area (Å²) in [7, 11) is 0. The average molecular weight is 315 g/mol. The van der Waals surface area contributed by atoms with Crippen molar-refractivity contribution in [3.05, 3.63) is 59.5 Å². The van der Waals surface area contributed by atoms with Crippen LogP contribution in [0.2, 0.25) is 5.02 Å². The van der Waals surface area contributed by atoms with Crippen LogP contribution in [0.15, 0.2) is 48.9 Å². The minimum Gasteiger partial charge on any atom is -0.352 e. The third-order valence-corrected chi connectivity index (χ3v) is 3.60. The molecule has 1 aromatic carbocycles. The van der Waals surface area contributed by atoms with E-state index in [1.807, 2.05) is 35.0 Å². The summed E-state index contributed by atoms with van der Waals surface area (Å²) in [5.74, 6) is -0.0125. The molecule has 112 valence electrons. The number of nitrogens with zero attached hydrogens (tertiary/aromatic N) is 3. The Balaban J connectivity index is 1.56. The van der Waals surface area contributed by atoms with Crippen LogP contribution in [-0.2, 0) is 17.9 Å². The lowest BCUT2D eigenvalue weighted by Gasteiger charge is -2.06. The van der Waals surface area contributed by atoms with Crippen molar-refractivity contribution in [2.75, 3.05) is 0 Å². The minimum absolute atomic E-state index is 0.0125. The molecule has 6 heteroatoms. The highest BCUT2D eigenvalue weighted by molar-refractivity contribution is 6.31. The molecule has 0 aliphatic heterocycles. The first-order valence-corrected chi connectivity index (χ1v) is 7.37. The number of rotatable bonds is 5. The summed E-state index contributed by atoms with van der Waals surface area (Å²) < 4.78 is 1.81. The Morgan fingerprint density at radius 3 is 3.00 bits per heavy atom. The standard InChI is InChI=1S/C16H15ClN4O/c17-14-3-4-15-13(8-14)11-20-21(15)7-5-16(22)19-10-12-2-1-6-18-9-12/h1-4,6,8-9,11H,5,7,10H2,(H,19,22). The van der Waals surface area contributed by atoms with E-state index in [0.29, 0.717) is 24.5 Å². The summed E-state index contributed by atoms with van der Waals surface area (Å²) in [4.78, 5) is 15.9. The van der Waals surface area contributed by atoms with Gasteiger partial charge in [0.05, 0.1) is 18.3 Å². The molecule has 3 aromatic rings. The van der Waals surface area contributed by atoms with Crippen molar-refractivity contribution >= 4 is 28.4 Å². The predicted molar refractivity (Wildman–Crippen MR) is 85.4 cm³/mol. The Hall–Kier alpha value is -2.40. The lowest BCUT2D eigenvalue weighted by atomic mass is 10.2. The minimum atomic E-state index is -0.0125. The van der Waals surface area contributed by atoms with Gasteiger partial charge in [-0.2, -0.15) is 5.10 Å². The summed E-state index contributed by atoms with van der Waals surface area (Å²) in [5.41, 5.74) is 1.96. The zero-order chi connectivity index (χ0) is 15.4. The maximum Gasteiger partial charge on any atom is 0.222 e. The Morgan fingerprint density at radius 2 is 2.18 bits per heavy atom.